The molecular formula is C15H31N3O. The third-order valence-corrected chi connectivity index (χ3v) is 4.43. The lowest BCUT2D eigenvalue weighted by atomic mass is 10.0. The lowest BCUT2D eigenvalue weighted by Crippen LogP contribution is -2.48. The van der Waals surface area contributed by atoms with E-state index in [1.54, 1.807) is 0 Å². The number of rotatable bonds is 6. The topological polar surface area (TPSA) is 27.7 Å². The van der Waals surface area contributed by atoms with Crippen LogP contribution >= 0.6 is 0 Å². The summed E-state index contributed by atoms with van der Waals surface area (Å²) in [5.74, 6) is 0. The molecule has 0 aliphatic carbocycles. The summed E-state index contributed by atoms with van der Waals surface area (Å²) in [6.07, 6.45) is 5.34. The van der Waals surface area contributed by atoms with E-state index in [1.165, 1.54) is 58.4 Å². The molecule has 0 aromatic rings. The lowest BCUT2D eigenvalue weighted by molar-refractivity contribution is -0.00354. The average Bonchev–Trinajstić information content (AvgIpc) is 2.42. The number of nitrogens with zero attached hydrogens (tertiary/aromatic N) is 2. The van der Waals surface area contributed by atoms with Crippen LogP contribution in [0.15, 0.2) is 0 Å². The molecule has 2 aliphatic heterocycles. The number of ether oxygens (including phenoxy) is 1. The van der Waals surface area contributed by atoms with Gasteiger partial charge < -0.3 is 15.0 Å². The highest BCUT2D eigenvalue weighted by molar-refractivity contribution is 4.78. The Kier molecular flexibility index (Phi) is 6.57. The Morgan fingerprint density at radius 1 is 1.21 bits per heavy atom. The van der Waals surface area contributed by atoms with Crippen LogP contribution in [0.1, 0.15) is 32.6 Å². The van der Waals surface area contributed by atoms with Crippen molar-refractivity contribution < 1.29 is 4.74 Å². The van der Waals surface area contributed by atoms with Crippen LogP contribution in [-0.4, -0.2) is 74.9 Å². The molecule has 0 saturated carbocycles. The fraction of sp³-hybridized carbons (Fsp3) is 1.00. The second kappa shape index (κ2) is 8.20. The zero-order valence-corrected chi connectivity index (χ0v) is 12.7. The average molecular weight is 269 g/mol. The quantitative estimate of drug-likeness (QED) is 0.783. The van der Waals surface area contributed by atoms with Crippen molar-refractivity contribution >= 4 is 0 Å². The van der Waals surface area contributed by atoms with Crippen molar-refractivity contribution in [2.24, 2.45) is 0 Å². The first kappa shape index (κ1) is 15.2. The standard InChI is InChI=1S/C15H31N3O/c1-3-4-15-13-14(5-12-19-15)16-6-7-18-10-8-17(2)9-11-18/h14-16H,3-13H2,1-2H3. The summed E-state index contributed by atoms with van der Waals surface area (Å²) in [4.78, 5) is 4.99. The third kappa shape index (κ3) is 5.38. The van der Waals surface area contributed by atoms with E-state index in [9.17, 15) is 0 Å². The highest BCUT2D eigenvalue weighted by atomic mass is 16.5. The fourth-order valence-corrected chi connectivity index (χ4v) is 3.09. The minimum atomic E-state index is 0.500. The van der Waals surface area contributed by atoms with Gasteiger partial charge in [-0.15, -0.1) is 0 Å². The first-order valence-electron chi connectivity index (χ1n) is 8.04. The van der Waals surface area contributed by atoms with Gasteiger partial charge in [0.1, 0.15) is 0 Å². The molecule has 19 heavy (non-hydrogen) atoms. The monoisotopic (exact) mass is 269 g/mol. The van der Waals surface area contributed by atoms with Crippen LogP contribution < -0.4 is 5.32 Å². The van der Waals surface area contributed by atoms with Crippen molar-refractivity contribution in [3.05, 3.63) is 0 Å². The van der Waals surface area contributed by atoms with Crippen molar-refractivity contribution in [3.8, 4) is 0 Å². The Bertz CT molecular complexity index is 240. The molecule has 2 rings (SSSR count). The van der Waals surface area contributed by atoms with Crippen molar-refractivity contribution in [1.29, 1.82) is 0 Å². The number of hydrogen-bond acceptors (Lipinski definition) is 4. The maximum Gasteiger partial charge on any atom is 0.0589 e. The predicted octanol–water partition coefficient (Wildman–Crippen LogP) is 1.17. The molecule has 0 amide bonds. The third-order valence-electron chi connectivity index (χ3n) is 4.43. The Morgan fingerprint density at radius 2 is 2.00 bits per heavy atom. The molecule has 2 aliphatic rings. The Labute approximate surface area is 118 Å². The molecule has 4 nitrogen and oxygen atoms in total. The van der Waals surface area contributed by atoms with Crippen LogP contribution in [-0.2, 0) is 4.74 Å². The van der Waals surface area contributed by atoms with Crippen molar-refractivity contribution in [3.63, 3.8) is 0 Å². The van der Waals surface area contributed by atoms with Crippen LogP contribution in [0.3, 0.4) is 0 Å². The zero-order valence-electron chi connectivity index (χ0n) is 12.7. The van der Waals surface area contributed by atoms with Gasteiger partial charge in [0, 0.05) is 51.9 Å². The smallest absolute Gasteiger partial charge is 0.0589 e. The molecule has 0 aromatic carbocycles. The summed E-state index contributed by atoms with van der Waals surface area (Å²) in [6, 6.07) is 0.678. The van der Waals surface area contributed by atoms with Crippen molar-refractivity contribution in [2.75, 3.05) is 52.9 Å². The summed E-state index contributed by atoms with van der Waals surface area (Å²) in [6.45, 7) is 10.4. The molecule has 2 fully saturated rings. The Morgan fingerprint density at radius 3 is 2.74 bits per heavy atom. The summed E-state index contributed by atoms with van der Waals surface area (Å²) in [5.41, 5.74) is 0. The van der Waals surface area contributed by atoms with Crippen LogP contribution in [0.2, 0.25) is 0 Å². The predicted molar refractivity (Wildman–Crippen MR) is 79.6 cm³/mol. The molecule has 1 N–H and O–H groups in total. The molecule has 2 saturated heterocycles. The summed E-state index contributed by atoms with van der Waals surface area (Å²) < 4.78 is 5.80. The van der Waals surface area contributed by atoms with E-state index in [-0.39, 0.29) is 0 Å². The van der Waals surface area contributed by atoms with Crippen LogP contribution in [0.5, 0.6) is 0 Å². The van der Waals surface area contributed by atoms with Crippen LogP contribution in [0.25, 0.3) is 0 Å². The van der Waals surface area contributed by atoms with Gasteiger partial charge in [0.25, 0.3) is 0 Å². The highest BCUT2D eigenvalue weighted by Gasteiger charge is 2.21. The Hall–Kier alpha value is -0.160. The number of piperazine rings is 1. The second-order valence-electron chi connectivity index (χ2n) is 6.10. The first-order valence-corrected chi connectivity index (χ1v) is 8.04. The van der Waals surface area contributed by atoms with E-state index in [0.29, 0.717) is 12.1 Å². The van der Waals surface area contributed by atoms with E-state index in [2.05, 4.69) is 29.1 Å². The summed E-state index contributed by atoms with van der Waals surface area (Å²) >= 11 is 0. The van der Waals surface area contributed by atoms with E-state index in [0.717, 1.165) is 13.2 Å². The molecule has 0 aromatic heterocycles. The fourth-order valence-electron chi connectivity index (χ4n) is 3.09. The van der Waals surface area contributed by atoms with Gasteiger partial charge in [0.05, 0.1) is 6.10 Å². The van der Waals surface area contributed by atoms with Crippen molar-refractivity contribution in [2.45, 2.75) is 44.8 Å². The van der Waals surface area contributed by atoms with Gasteiger partial charge in [0.2, 0.25) is 0 Å². The molecule has 112 valence electrons. The SMILES string of the molecule is CCCC1CC(NCCN2CCN(C)CC2)CCO1. The second-order valence-corrected chi connectivity index (χ2v) is 6.10. The number of hydrogen-bond donors (Lipinski definition) is 1. The molecule has 0 bridgehead atoms. The zero-order chi connectivity index (χ0) is 13.5. The minimum absolute atomic E-state index is 0.500. The molecule has 2 heterocycles. The molecule has 0 spiro atoms. The maximum absolute atomic E-state index is 5.80. The van der Waals surface area contributed by atoms with E-state index >= 15 is 0 Å². The van der Waals surface area contributed by atoms with Gasteiger partial charge in [-0.25, -0.2) is 0 Å². The molecule has 4 heteroatoms. The largest absolute Gasteiger partial charge is 0.378 e. The van der Waals surface area contributed by atoms with Gasteiger partial charge in [-0.1, -0.05) is 13.3 Å². The van der Waals surface area contributed by atoms with E-state index in [4.69, 9.17) is 4.74 Å². The summed E-state index contributed by atoms with van der Waals surface area (Å²) in [5, 5.41) is 3.73. The van der Waals surface area contributed by atoms with Gasteiger partial charge in [0.15, 0.2) is 0 Å². The maximum atomic E-state index is 5.80. The van der Waals surface area contributed by atoms with Crippen molar-refractivity contribution in [1.82, 2.24) is 15.1 Å². The number of nitrogens with one attached hydrogen (secondary N) is 1. The summed E-state index contributed by atoms with van der Waals surface area (Å²) in [7, 11) is 2.21. The van der Waals surface area contributed by atoms with Gasteiger partial charge in [-0.3, -0.25) is 4.90 Å². The minimum Gasteiger partial charge on any atom is -0.378 e. The molecule has 2 unspecified atom stereocenters. The number of likely N-dealkylation sites (N-methyl/N-ethyl adjacent to an activating group) is 1. The molecule has 0 radical (unpaired) electrons. The van der Waals surface area contributed by atoms with Gasteiger partial charge in [-0.2, -0.15) is 0 Å². The van der Waals surface area contributed by atoms with Crippen LogP contribution in [0.4, 0.5) is 0 Å². The Balaban J connectivity index is 1.57. The highest BCUT2D eigenvalue weighted by Crippen LogP contribution is 2.17. The van der Waals surface area contributed by atoms with E-state index in [1.807, 2.05) is 0 Å². The van der Waals surface area contributed by atoms with E-state index < -0.39 is 0 Å². The molecular weight excluding hydrogens is 238 g/mol. The lowest BCUT2D eigenvalue weighted by Gasteiger charge is -2.34. The normalized spacial score (nSPS) is 30.6. The first-order chi connectivity index (χ1) is 9.28. The van der Waals surface area contributed by atoms with Gasteiger partial charge >= 0.3 is 0 Å². The molecule has 2 atom stereocenters. The van der Waals surface area contributed by atoms with Crippen LogP contribution in [0, 0.1) is 0 Å². The van der Waals surface area contributed by atoms with Gasteiger partial charge in [-0.05, 0) is 26.3 Å².